The highest BCUT2D eigenvalue weighted by molar-refractivity contribution is 9.10. The molecule has 2 saturated heterocycles. The van der Waals surface area contributed by atoms with Crippen molar-refractivity contribution in [3.63, 3.8) is 0 Å². The Bertz CT molecular complexity index is 1010. The summed E-state index contributed by atoms with van der Waals surface area (Å²) in [6.45, 7) is 2.55. The van der Waals surface area contributed by atoms with Crippen LogP contribution in [-0.4, -0.2) is 50.3 Å². The second kappa shape index (κ2) is 7.74. The molecule has 0 N–H and O–H groups in total. The SMILES string of the molecule is O=C(C1CCN(c2ccc3nncn3n2)CC1)N1CCCC1c1ccc(Br)cc1. The lowest BCUT2D eigenvalue weighted by atomic mass is 9.94. The van der Waals surface area contributed by atoms with Crippen LogP contribution in [-0.2, 0) is 4.79 Å². The van der Waals surface area contributed by atoms with Crippen molar-refractivity contribution in [3.8, 4) is 0 Å². The molecule has 1 atom stereocenters. The molecule has 1 aromatic carbocycles. The summed E-state index contributed by atoms with van der Waals surface area (Å²) in [6, 6.07) is 12.5. The second-order valence-corrected chi connectivity index (χ2v) is 8.74. The minimum absolute atomic E-state index is 0.0981. The number of hydrogen-bond acceptors (Lipinski definition) is 5. The van der Waals surface area contributed by atoms with Gasteiger partial charge < -0.3 is 9.80 Å². The van der Waals surface area contributed by atoms with Crippen molar-refractivity contribution in [3.05, 3.63) is 52.8 Å². The summed E-state index contributed by atoms with van der Waals surface area (Å²) >= 11 is 3.50. The second-order valence-electron chi connectivity index (χ2n) is 7.83. The number of anilines is 1. The van der Waals surface area contributed by atoms with Crippen molar-refractivity contribution >= 4 is 33.3 Å². The average Bonchev–Trinajstić information content (AvgIpc) is 3.43. The van der Waals surface area contributed by atoms with E-state index in [0.717, 1.165) is 61.3 Å². The summed E-state index contributed by atoms with van der Waals surface area (Å²) in [5.41, 5.74) is 1.98. The van der Waals surface area contributed by atoms with Crippen molar-refractivity contribution in [1.82, 2.24) is 24.7 Å². The van der Waals surface area contributed by atoms with Crippen LogP contribution >= 0.6 is 15.9 Å². The molecule has 150 valence electrons. The molecule has 7 nitrogen and oxygen atoms in total. The van der Waals surface area contributed by atoms with Gasteiger partial charge in [0.15, 0.2) is 5.65 Å². The number of benzene rings is 1. The van der Waals surface area contributed by atoms with Crippen molar-refractivity contribution < 1.29 is 4.79 Å². The molecular formula is C21H23BrN6O. The van der Waals surface area contributed by atoms with Crippen LogP contribution in [0.5, 0.6) is 0 Å². The normalized spacial score (nSPS) is 20.5. The number of carbonyl (C=O) groups excluding carboxylic acids is 1. The third-order valence-corrected chi connectivity index (χ3v) is 6.64. The number of nitrogens with zero attached hydrogens (tertiary/aromatic N) is 6. The van der Waals surface area contributed by atoms with Gasteiger partial charge in [0.05, 0.1) is 6.04 Å². The molecule has 5 rings (SSSR count). The molecule has 0 spiro atoms. The topological polar surface area (TPSA) is 66.6 Å². The predicted molar refractivity (Wildman–Crippen MR) is 114 cm³/mol. The predicted octanol–water partition coefficient (Wildman–Crippen LogP) is 3.47. The van der Waals surface area contributed by atoms with Crippen molar-refractivity contribution in [2.45, 2.75) is 31.7 Å². The maximum absolute atomic E-state index is 13.3. The quantitative estimate of drug-likeness (QED) is 0.605. The van der Waals surface area contributed by atoms with Crippen LogP contribution in [0.25, 0.3) is 5.65 Å². The van der Waals surface area contributed by atoms with Gasteiger partial charge in [-0.1, -0.05) is 28.1 Å². The maximum Gasteiger partial charge on any atom is 0.226 e. The Hall–Kier alpha value is -2.48. The van der Waals surface area contributed by atoms with E-state index < -0.39 is 0 Å². The number of likely N-dealkylation sites (tertiary alicyclic amines) is 1. The van der Waals surface area contributed by atoms with Gasteiger partial charge in [-0.3, -0.25) is 4.79 Å². The van der Waals surface area contributed by atoms with Crippen LogP contribution in [0.2, 0.25) is 0 Å². The smallest absolute Gasteiger partial charge is 0.226 e. The van der Waals surface area contributed by atoms with E-state index in [1.165, 1.54) is 5.56 Å². The summed E-state index contributed by atoms with van der Waals surface area (Å²) in [5, 5.41) is 12.5. The summed E-state index contributed by atoms with van der Waals surface area (Å²) in [4.78, 5) is 17.7. The molecule has 8 heteroatoms. The standard InChI is InChI=1S/C21H23BrN6O/c22-17-5-3-15(4-6-17)18-2-1-11-27(18)21(29)16-9-12-26(13-10-16)20-8-7-19-24-23-14-28(19)25-20/h3-8,14,16,18H,1-2,9-13H2. The van der Waals surface area contributed by atoms with Gasteiger partial charge in [0, 0.05) is 30.0 Å². The molecule has 0 radical (unpaired) electrons. The summed E-state index contributed by atoms with van der Waals surface area (Å²) in [6.07, 6.45) is 5.47. The number of rotatable bonds is 3. The van der Waals surface area contributed by atoms with Gasteiger partial charge in [-0.2, -0.15) is 4.52 Å². The van der Waals surface area contributed by atoms with E-state index in [9.17, 15) is 4.79 Å². The highest BCUT2D eigenvalue weighted by Crippen LogP contribution is 2.35. The zero-order valence-corrected chi connectivity index (χ0v) is 17.7. The summed E-state index contributed by atoms with van der Waals surface area (Å²) in [5.74, 6) is 1.33. The highest BCUT2D eigenvalue weighted by Gasteiger charge is 2.35. The Morgan fingerprint density at radius 2 is 1.79 bits per heavy atom. The van der Waals surface area contributed by atoms with E-state index in [1.54, 1.807) is 10.8 Å². The Balaban J connectivity index is 1.25. The van der Waals surface area contributed by atoms with E-state index in [0.29, 0.717) is 5.91 Å². The number of hydrogen-bond donors (Lipinski definition) is 0. The number of amides is 1. The maximum atomic E-state index is 13.3. The fraction of sp³-hybridized carbons (Fsp3) is 0.429. The van der Waals surface area contributed by atoms with Crippen molar-refractivity contribution in [1.29, 1.82) is 0 Å². The van der Waals surface area contributed by atoms with Crippen LogP contribution in [0.3, 0.4) is 0 Å². The van der Waals surface area contributed by atoms with E-state index in [4.69, 9.17) is 0 Å². The largest absolute Gasteiger partial charge is 0.355 e. The summed E-state index contributed by atoms with van der Waals surface area (Å²) < 4.78 is 2.77. The van der Waals surface area contributed by atoms with Gasteiger partial charge in [0.25, 0.3) is 0 Å². The Labute approximate surface area is 177 Å². The zero-order chi connectivity index (χ0) is 19.8. The molecule has 29 heavy (non-hydrogen) atoms. The van der Waals surface area contributed by atoms with Gasteiger partial charge in [-0.05, 0) is 55.5 Å². The minimum Gasteiger partial charge on any atom is -0.355 e. The lowest BCUT2D eigenvalue weighted by molar-refractivity contribution is -0.137. The highest BCUT2D eigenvalue weighted by atomic mass is 79.9. The van der Waals surface area contributed by atoms with Crippen molar-refractivity contribution in [2.24, 2.45) is 5.92 Å². The molecular weight excluding hydrogens is 432 g/mol. The monoisotopic (exact) mass is 454 g/mol. The molecule has 3 aromatic rings. The molecule has 1 amide bonds. The van der Waals surface area contributed by atoms with Crippen LogP contribution in [0.15, 0.2) is 47.2 Å². The van der Waals surface area contributed by atoms with Gasteiger partial charge in [-0.15, -0.1) is 15.3 Å². The van der Waals surface area contributed by atoms with Crippen LogP contribution in [0, 0.1) is 5.92 Å². The van der Waals surface area contributed by atoms with Gasteiger partial charge >= 0.3 is 0 Å². The van der Waals surface area contributed by atoms with Gasteiger partial charge in [-0.25, -0.2) is 0 Å². The zero-order valence-electron chi connectivity index (χ0n) is 16.1. The van der Waals surface area contributed by atoms with Crippen LogP contribution in [0.4, 0.5) is 5.82 Å². The average molecular weight is 455 g/mol. The molecule has 4 heterocycles. The van der Waals surface area contributed by atoms with E-state index in [1.807, 2.05) is 12.1 Å². The Morgan fingerprint density at radius 3 is 2.59 bits per heavy atom. The summed E-state index contributed by atoms with van der Waals surface area (Å²) in [7, 11) is 0. The molecule has 2 fully saturated rings. The van der Waals surface area contributed by atoms with Crippen LogP contribution in [0.1, 0.15) is 37.3 Å². The number of fused-ring (bicyclic) bond motifs is 1. The molecule has 2 aromatic heterocycles. The Kier molecular flexibility index (Phi) is 4.95. The fourth-order valence-electron chi connectivity index (χ4n) is 4.54. The molecule has 0 saturated carbocycles. The molecule has 1 unspecified atom stereocenters. The van der Waals surface area contributed by atoms with E-state index >= 15 is 0 Å². The first-order valence-corrected chi connectivity index (χ1v) is 11.0. The van der Waals surface area contributed by atoms with E-state index in [2.05, 4.69) is 65.3 Å². The van der Waals surface area contributed by atoms with Crippen molar-refractivity contribution in [2.75, 3.05) is 24.5 Å². The first kappa shape index (κ1) is 18.5. The number of carbonyl (C=O) groups is 1. The first-order chi connectivity index (χ1) is 14.2. The first-order valence-electron chi connectivity index (χ1n) is 10.2. The minimum atomic E-state index is 0.0981. The lowest BCUT2D eigenvalue weighted by Gasteiger charge is -2.35. The third kappa shape index (κ3) is 3.61. The van der Waals surface area contributed by atoms with Gasteiger partial charge in [0.2, 0.25) is 5.91 Å². The fourth-order valence-corrected chi connectivity index (χ4v) is 4.80. The van der Waals surface area contributed by atoms with E-state index in [-0.39, 0.29) is 12.0 Å². The molecule has 2 aliphatic rings. The molecule has 2 aliphatic heterocycles. The number of aromatic nitrogens is 4. The van der Waals surface area contributed by atoms with Crippen LogP contribution < -0.4 is 4.90 Å². The molecule has 0 aliphatic carbocycles. The number of halogens is 1. The lowest BCUT2D eigenvalue weighted by Crippen LogP contribution is -2.42. The third-order valence-electron chi connectivity index (χ3n) is 6.11. The Morgan fingerprint density at radius 1 is 1.00 bits per heavy atom. The number of piperidine rings is 1. The van der Waals surface area contributed by atoms with Gasteiger partial charge in [0.1, 0.15) is 12.1 Å². The molecule has 0 bridgehead atoms.